The predicted molar refractivity (Wildman–Crippen MR) is 130 cm³/mol. The molecule has 0 heterocycles. The molecule has 2 aliphatic carbocycles. The quantitative estimate of drug-likeness (QED) is 0.311. The molecule has 1 nitrogen and oxygen atoms in total. The zero-order chi connectivity index (χ0) is 21.0. The highest BCUT2D eigenvalue weighted by Gasteiger charge is 2.21. The monoisotopic (exact) mass is 412 g/mol. The zero-order valence-electron chi connectivity index (χ0n) is 20.0. The molecule has 1 heteroatoms. The van der Waals surface area contributed by atoms with Gasteiger partial charge in [-0.05, 0) is 67.1 Å². The van der Waals surface area contributed by atoms with Crippen molar-refractivity contribution in [1.82, 2.24) is 0 Å². The molecular weight excluding hydrogens is 364 g/mol. The largest absolute Gasteiger partial charge is 0.494 e. The molecule has 2 saturated carbocycles. The summed E-state index contributed by atoms with van der Waals surface area (Å²) >= 11 is 0. The van der Waals surface area contributed by atoms with Gasteiger partial charge in [-0.2, -0.15) is 0 Å². The van der Waals surface area contributed by atoms with E-state index in [9.17, 15) is 0 Å². The Balaban J connectivity index is 1.23. The van der Waals surface area contributed by atoms with Gasteiger partial charge < -0.3 is 4.74 Å². The van der Waals surface area contributed by atoms with Gasteiger partial charge in [-0.1, -0.05) is 103 Å². The van der Waals surface area contributed by atoms with Crippen LogP contribution in [-0.2, 0) is 0 Å². The van der Waals surface area contributed by atoms with E-state index in [4.69, 9.17) is 4.74 Å². The van der Waals surface area contributed by atoms with Gasteiger partial charge >= 0.3 is 0 Å². The second-order valence-electron chi connectivity index (χ2n) is 10.6. The first-order valence-corrected chi connectivity index (χ1v) is 13.5. The van der Waals surface area contributed by atoms with E-state index in [2.05, 4.69) is 38.1 Å². The van der Waals surface area contributed by atoms with Crippen LogP contribution in [0.2, 0.25) is 0 Å². The van der Waals surface area contributed by atoms with E-state index >= 15 is 0 Å². The number of hydrogen-bond acceptors (Lipinski definition) is 1. The van der Waals surface area contributed by atoms with Crippen molar-refractivity contribution in [3.63, 3.8) is 0 Å². The Morgan fingerprint density at radius 3 is 1.93 bits per heavy atom. The van der Waals surface area contributed by atoms with Crippen LogP contribution in [0.15, 0.2) is 24.3 Å². The van der Waals surface area contributed by atoms with Gasteiger partial charge in [0, 0.05) is 0 Å². The molecule has 0 unspecified atom stereocenters. The lowest BCUT2D eigenvalue weighted by Gasteiger charge is -2.28. The van der Waals surface area contributed by atoms with E-state index < -0.39 is 0 Å². The lowest BCUT2D eigenvalue weighted by atomic mass is 9.78. The highest BCUT2D eigenvalue weighted by atomic mass is 16.5. The molecule has 0 radical (unpaired) electrons. The molecule has 30 heavy (non-hydrogen) atoms. The summed E-state index contributed by atoms with van der Waals surface area (Å²) in [5, 5.41) is 0. The normalized spacial score (nSPS) is 27.1. The zero-order valence-corrected chi connectivity index (χ0v) is 20.0. The Hall–Kier alpha value is -0.980. The van der Waals surface area contributed by atoms with Crippen molar-refractivity contribution in [2.75, 3.05) is 6.61 Å². The number of unbranched alkanes of at least 4 members (excludes halogenated alkanes) is 4. The smallest absolute Gasteiger partial charge is 0.119 e. The van der Waals surface area contributed by atoms with Crippen LogP contribution < -0.4 is 4.74 Å². The fourth-order valence-electron chi connectivity index (χ4n) is 5.84. The lowest BCUT2D eigenvalue weighted by molar-refractivity contribution is 0.228. The maximum atomic E-state index is 6.06. The highest BCUT2D eigenvalue weighted by Crippen LogP contribution is 2.36. The van der Waals surface area contributed by atoms with Crippen molar-refractivity contribution in [3.05, 3.63) is 29.8 Å². The topological polar surface area (TPSA) is 9.23 Å². The third-order valence-corrected chi connectivity index (χ3v) is 8.08. The average Bonchev–Trinajstić information content (AvgIpc) is 2.78. The van der Waals surface area contributed by atoms with Crippen LogP contribution in [0.5, 0.6) is 5.75 Å². The summed E-state index contributed by atoms with van der Waals surface area (Å²) in [6.07, 6.45) is 22.7. The Morgan fingerprint density at radius 2 is 1.30 bits per heavy atom. The summed E-state index contributed by atoms with van der Waals surface area (Å²) in [5.41, 5.74) is 1.52. The molecule has 2 aliphatic rings. The van der Waals surface area contributed by atoms with Crippen molar-refractivity contribution < 1.29 is 4.74 Å². The van der Waals surface area contributed by atoms with Gasteiger partial charge in [0.15, 0.2) is 0 Å². The molecule has 0 N–H and O–H groups in total. The first kappa shape index (κ1) is 23.7. The maximum absolute atomic E-state index is 6.06. The van der Waals surface area contributed by atoms with E-state index in [-0.39, 0.29) is 0 Å². The van der Waals surface area contributed by atoms with E-state index in [1.807, 2.05) is 0 Å². The molecule has 0 bridgehead atoms. The highest BCUT2D eigenvalue weighted by molar-refractivity contribution is 5.29. The van der Waals surface area contributed by atoms with Gasteiger partial charge in [-0.3, -0.25) is 0 Å². The fourth-order valence-corrected chi connectivity index (χ4v) is 5.84. The molecule has 1 aromatic carbocycles. The lowest BCUT2D eigenvalue weighted by Crippen LogP contribution is -2.15. The third kappa shape index (κ3) is 8.27. The summed E-state index contributed by atoms with van der Waals surface area (Å²) in [5.74, 6) is 4.76. The Labute approximate surface area is 187 Å². The molecule has 2 fully saturated rings. The first-order chi connectivity index (χ1) is 14.7. The minimum Gasteiger partial charge on any atom is -0.494 e. The molecule has 0 aliphatic heterocycles. The molecule has 170 valence electrons. The van der Waals surface area contributed by atoms with Crippen molar-refractivity contribution in [2.45, 2.75) is 122 Å². The molecule has 0 aromatic heterocycles. The Bertz CT molecular complexity index is 546. The fraction of sp³-hybridized carbons (Fsp3) is 0.793. The molecule has 3 rings (SSSR count). The van der Waals surface area contributed by atoms with Crippen LogP contribution in [0.1, 0.15) is 128 Å². The Kier molecular flexibility index (Phi) is 10.6. The van der Waals surface area contributed by atoms with Crippen molar-refractivity contribution in [3.8, 4) is 5.75 Å². The van der Waals surface area contributed by atoms with E-state index in [0.717, 1.165) is 36.0 Å². The van der Waals surface area contributed by atoms with Gasteiger partial charge in [0.1, 0.15) is 5.75 Å². The standard InChI is InChI=1S/C29H48O/c1-3-4-5-6-7-9-25-13-15-26(16-14-25)10-8-23-30-29-21-19-28(20-22-29)27-17-11-24(2)12-18-27/h19-22,24-27H,3-18,23H2,1-2H3/t24-,25-,26-,27-. The SMILES string of the molecule is CCCCCCC[C@H]1CC[C@H](CCCOc2ccc([C@H]3CC[C@H](C)CC3)cc2)CC1. The second-order valence-corrected chi connectivity index (χ2v) is 10.6. The molecule has 0 atom stereocenters. The number of ether oxygens (including phenoxy) is 1. The van der Waals surface area contributed by atoms with Crippen LogP contribution in [0.25, 0.3) is 0 Å². The number of benzene rings is 1. The van der Waals surface area contributed by atoms with Crippen LogP contribution in [0, 0.1) is 17.8 Å². The average molecular weight is 413 g/mol. The Morgan fingerprint density at radius 1 is 0.700 bits per heavy atom. The number of hydrogen-bond donors (Lipinski definition) is 0. The van der Waals surface area contributed by atoms with Gasteiger partial charge in [0.2, 0.25) is 0 Å². The molecule has 0 spiro atoms. The van der Waals surface area contributed by atoms with Crippen LogP contribution in [0.3, 0.4) is 0 Å². The maximum Gasteiger partial charge on any atom is 0.119 e. The molecule has 1 aromatic rings. The van der Waals surface area contributed by atoms with Gasteiger partial charge in [0.05, 0.1) is 6.61 Å². The molecular formula is C29H48O. The van der Waals surface area contributed by atoms with Crippen LogP contribution in [0.4, 0.5) is 0 Å². The van der Waals surface area contributed by atoms with Crippen molar-refractivity contribution >= 4 is 0 Å². The van der Waals surface area contributed by atoms with E-state index in [0.29, 0.717) is 0 Å². The van der Waals surface area contributed by atoms with Crippen molar-refractivity contribution in [1.29, 1.82) is 0 Å². The minimum absolute atomic E-state index is 0.779. The van der Waals surface area contributed by atoms with E-state index in [1.165, 1.54) is 108 Å². The van der Waals surface area contributed by atoms with Crippen LogP contribution in [-0.4, -0.2) is 6.61 Å². The van der Waals surface area contributed by atoms with E-state index in [1.54, 1.807) is 0 Å². The molecule has 0 saturated heterocycles. The van der Waals surface area contributed by atoms with Gasteiger partial charge in [-0.25, -0.2) is 0 Å². The predicted octanol–water partition coefficient (Wildman–Crippen LogP) is 9.31. The van der Waals surface area contributed by atoms with Gasteiger partial charge in [0.25, 0.3) is 0 Å². The summed E-state index contributed by atoms with van der Waals surface area (Å²) in [7, 11) is 0. The summed E-state index contributed by atoms with van der Waals surface area (Å²) < 4.78 is 6.06. The minimum atomic E-state index is 0.779. The van der Waals surface area contributed by atoms with Gasteiger partial charge in [-0.15, -0.1) is 0 Å². The summed E-state index contributed by atoms with van der Waals surface area (Å²) in [4.78, 5) is 0. The summed E-state index contributed by atoms with van der Waals surface area (Å²) in [6.45, 7) is 5.59. The van der Waals surface area contributed by atoms with Crippen LogP contribution >= 0.6 is 0 Å². The second kappa shape index (κ2) is 13.4. The summed E-state index contributed by atoms with van der Waals surface area (Å²) in [6, 6.07) is 9.05. The van der Waals surface area contributed by atoms with Crippen molar-refractivity contribution in [2.24, 2.45) is 17.8 Å². The third-order valence-electron chi connectivity index (χ3n) is 8.08. The first-order valence-electron chi connectivity index (χ1n) is 13.5. The molecule has 0 amide bonds. The number of rotatable bonds is 12.